The highest BCUT2D eigenvalue weighted by molar-refractivity contribution is 5.70. The molecule has 2 aromatic rings. The second kappa shape index (κ2) is 4.80. The van der Waals surface area contributed by atoms with Crippen molar-refractivity contribution in [2.45, 2.75) is 24.9 Å². The largest absolute Gasteiger partial charge is 0.433 e. The Kier molecular flexibility index (Phi) is 3.20. The lowest BCUT2D eigenvalue weighted by molar-refractivity contribution is -0.142. The van der Waals surface area contributed by atoms with Crippen molar-refractivity contribution in [3.05, 3.63) is 53.3 Å². The summed E-state index contributed by atoms with van der Waals surface area (Å²) < 4.78 is 52.7. The molecule has 0 aliphatic heterocycles. The lowest BCUT2D eigenvalue weighted by Crippen LogP contribution is -2.15. The van der Waals surface area contributed by atoms with Crippen LogP contribution in [0.3, 0.4) is 0 Å². The van der Waals surface area contributed by atoms with Crippen molar-refractivity contribution in [2.24, 2.45) is 0 Å². The molecular weight excluding hydrogens is 286 g/mol. The molecule has 0 spiro atoms. The minimum Gasteiger partial charge on any atom is -0.385 e. The fourth-order valence-electron chi connectivity index (χ4n) is 2.68. The first-order valence-electron chi connectivity index (χ1n) is 6.36. The molecule has 2 atom stereocenters. The van der Waals surface area contributed by atoms with E-state index in [2.05, 4.69) is 4.98 Å². The van der Waals surface area contributed by atoms with Crippen LogP contribution < -0.4 is 0 Å². The molecule has 0 saturated carbocycles. The molecule has 1 N–H and O–H groups in total. The van der Waals surface area contributed by atoms with E-state index in [0.29, 0.717) is 11.1 Å². The maximum absolute atomic E-state index is 13.7. The molecule has 1 heterocycles. The zero-order chi connectivity index (χ0) is 15.2. The summed E-state index contributed by atoms with van der Waals surface area (Å²) >= 11 is 0. The Labute approximate surface area is 118 Å². The predicted octanol–water partition coefficient (Wildman–Crippen LogP) is 3.70. The van der Waals surface area contributed by atoms with Gasteiger partial charge in [-0.05, 0) is 11.1 Å². The van der Waals surface area contributed by atoms with Crippen molar-refractivity contribution in [3.63, 3.8) is 0 Å². The van der Waals surface area contributed by atoms with Crippen LogP contribution in [-0.2, 0) is 12.6 Å². The monoisotopic (exact) mass is 297 g/mol. The van der Waals surface area contributed by atoms with Gasteiger partial charge in [0, 0.05) is 23.7 Å². The molecule has 6 heteroatoms. The number of rotatable bonds is 1. The number of hydrogen-bond acceptors (Lipinski definition) is 2. The van der Waals surface area contributed by atoms with E-state index in [0.717, 1.165) is 6.20 Å². The van der Waals surface area contributed by atoms with Crippen LogP contribution in [-0.4, -0.2) is 16.3 Å². The summed E-state index contributed by atoms with van der Waals surface area (Å²) in [6.45, 7) is 0. The van der Waals surface area contributed by atoms with Gasteiger partial charge in [0.2, 0.25) is 0 Å². The Hall–Kier alpha value is -1.95. The molecule has 2 unspecified atom stereocenters. The van der Waals surface area contributed by atoms with Gasteiger partial charge in [-0.25, -0.2) is 4.39 Å². The van der Waals surface area contributed by atoms with E-state index in [1.54, 1.807) is 30.3 Å². The number of nitrogens with zero attached hydrogens (tertiary/aromatic N) is 1. The van der Waals surface area contributed by atoms with Gasteiger partial charge >= 0.3 is 6.18 Å². The van der Waals surface area contributed by atoms with Gasteiger partial charge < -0.3 is 5.11 Å². The molecule has 1 aliphatic carbocycles. The Balaban J connectivity index is 2.24. The van der Waals surface area contributed by atoms with E-state index in [-0.39, 0.29) is 12.0 Å². The molecule has 21 heavy (non-hydrogen) atoms. The molecule has 1 aromatic carbocycles. The average molecular weight is 297 g/mol. The van der Waals surface area contributed by atoms with Crippen molar-refractivity contribution >= 4 is 0 Å². The summed E-state index contributed by atoms with van der Waals surface area (Å²) in [5.41, 5.74) is -0.376. The van der Waals surface area contributed by atoms with E-state index < -0.39 is 29.7 Å². The van der Waals surface area contributed by atoms with Gasteiger partial charge in [-0.15, -0.1) is 0 Å². The van der Waals surface area contributed by atoms with Gasteiger partial charge in [-0.3, -0.25) is 4.98 Å². The van der Waals surface area contributed by atoms with Crippen LogP contribution >= 0.6 is 0 Å². The third kappa shape index (κ3) is 2.29. The lowest BCUT2D eigenvalue weighted by Gasteiger charge is -2.16. The lowest BCUT2D eigenvalue weighted by atomic mass is 9.97. The highest BCUT2D eigenvalue weighted by Crippen LogP contribution is 2.44. The summed E-state index contributed by atoms with van der Waals surface area (Å²) in [7, 11) is 0. The zero-order valence-electron chi connectivity index (χ0n) is 10.7. The highest BCUT2D eigenvalue weighted by atomic mass is 19.4. The summed E-state index contributed by atoms with van der Waals surface area (Å²) in [4.78, 5) is 3.43. The number of benzene rings is 1. The molecule has 2 nitrogen and oxygen atoms in total. The van der Waals surface area contributed by atoms with Crippen LogP contribution in [0.1, 0.15) is 22.9 Å². The molecule has 0 bridgehead atoms. The van der Waals surface area contributed by atoms with Crippen molar-refractivity contribution in [1.29, 1.82) is 0 Å². The second-order valence-corrected chi connectivity index (χ2v) is 4.94. The summed E-state index contributed by atoms with van der Waals surface area (Å²) in [5, 5.41) is 9.75. The average Bonchev–Trinajstić information content (AvgIpc) is 2.74. The van der Waals surface area contributed by atoms with E-state index >= 15 is 0 Å². The maximum atomic E-state index is 13.7. The van der Waals surface area contributed by atoms with Crippen LogP contribution in [0.2, 0.25) is 0 Å². The van der Waals surface area contributed by atoms with E-state index in [1.165, 1.54) is 0 Å². The molecule has 0 radical (unpaired) electrons. The Morgan fingerprint density at radius 1 is 1.14 bits per heavy atom. The standard InChI is InChI=1S/C15H11F4NO/c16-11-6-9-10(8-4-2-1-3-5-8)7-20-14(15(17,18)19)12(9)13(11)21/h1-5,7,11,13,21H,6H2. The SMILES string of the molecule is OC1c2c(C(F)(F)F)ncc(-c3ccccc3)c2CC1F. The van der Waals surface area contributed by atoms with Crippen LogP contribution in [0.25, 0.3) is 11.1 Å². The summed E-state index contributed by atoms with van der Waals surface area (Å²) in [6.07, 6.45) is -7.39. The first-order valence-corrected chi connectivity index (χ1v) is 6.36. The predicted molar refractivity (Wildman–Crippen MR) is 68.2 cm³/mol. The highest BCUT2D eigenvalue weighted by Gasteiger charge is 2.44. The molecule has 0 saturated heterocycles. The van der Waals surface area contributed by atoms with E-state index in [1.807, 2.05) is 0 Å². The molecule has 0 fully saturated rings. The number of aliphatic hydroxyl groups is 1. The van der Waals surface area contributed by atoms with E-state index in [9.17, 15) is 22.7 Å². The molecule has 110 valence electrons. The second-order valence-electron chi connectivity index (χ2n) is 4.94. The van der Waals surface area contributed by atoms with Crippen LogP contribution in [0.5, 0.6) is 0 Å². The molecule has 1 aromatic heterocycles. The number of aliphatic hydroxyl groups excluding tert-OH is 1. The first-order chi connectivity index (χ1) is 9.89. The van der Waals surface area contributed by atoms with Gasteiger partial charge in [0.1, 0.15) is 12.3 Å². The number of hydrogen-bond donors (Lipinski definition) is 1. The van der Waals surface area contributed by atoms with Gasteiger partial charge in [0.25, 0.3) is 0 Å². The Morgan fingerprint density at radius 2 is 1.81 bits per heavy atom. The minimum atomic E-state index is -4.72. The third-order valence-electron chi connectivity index (χ3n) is 3.62. The van der Waals surface area contributed by atoms with Crippen molar-refractivity contribution in [1.82, 2.24) is 4.98 Å². The van der Waals surface area contributed by atoms with Gasteiger partial charge in [0.05, 0.1) is 0 Å². The maximum Gasteiger partial charge on any atom is 0.433 e. The Bertz CT molecular complexity index is 669. The zero-order valence-corrected chi connectivity index (χ0v) is 10.7. The number of fused-ring (bicyclic) bond motifs is 1. The normalized spacial score (nSPS) is 21.4. The molecule has 3 rings (SSSR count). The smallest absolute Gasteiger partial charge is 0.385 e. The fraction of sp³-hybridized carbons (Fsp3) is 0.267. The molecule has 0 amide bonds. The van der Waals surface area contributed by atoms with Crippen LogP contribution in [0.15, 0.2) is 36.5 Å². The third-order valence-corrected chi connectivity index (χ3v) is 3.62. The van der Waals surface area contributed by atoms with Gasteiger partial charge in [0.15, 0.2) is 5.69 Å². The first kappa shape index (κ1) is 14.0. The number of alkyl halides is 4. The quantitative estimate of drug-likeness (QED) is 0.814. The molecular formula is C15H11F4NO. The van der Waals surface area contributed by atoms with Crippen molar-refractivity contribution in [2.75, 3.05) is 0 Å². The topological polar surface area (TPSA) is 33.1 Å². The minimum absolute atomic E-state index is 0.184. The number of aromatic nitrogens is 1. The van der Waals surface area contributed by atoms with Gasteiger partial charge in [-0.1, -0.05) is 30.3 Å². The van der Waals surface area contributed by atoms with Gasteiger partial charge in [-0.2, -0.15) is 13.2 Å². The summed E-state index contributed by atoms with van der Waals surface area (Å²) in [6, 6.07) is 8.66. The van der Waals surface area contributed by atoms with E-state index in [4.69, 9.17) is 0 Å². The fourth-order valence-corrected chi connectivity index (χ4v) is 2.68. The van der Waals surface area contributed by atoms with Crippen LogP contribution in [0.4, 0.5) is 17.6 Å². The van der Waals surface area contributed by atoms with Crippen molar-refractivity contribution in [3.8, 4) is 11.1 Å². The van der Waals surface area contributed by atoms with Crippen LogP contribution in [0, 0.1) is 0 Å². The molecule has 1 aliphatic rings. The Morgan fingerprint density at radius 3 is 2.43 bits per heavy atom. The number of pyridine rings is 1. The number of halogens is 4. The summed E-state index contributed by atoms with van der Waals surface area (Å²) in [5.74, 6) is 0. The van der Waals surface area contributed by atoms with Crippen molar-refractivity contribution < 1.29 is 22.7 Å².